The van der Waals surface area contributed by atoms with Crippen molar-refractivity contribution in [2.24, 2.45) is 5.41 Å². The number of fused-ring (bicyclic) bond motifs is 3. The van der Waals surface area contributed by atoms with Gasteiger partial charge in [0.15, 0.2) is 0 Å². The molecule has 0 unspecified atom stereocenters. The first-order valence-electron chi connectivity index (χ1n) is 12.2. The van der Waals surface area contributed by atoms with Crippen LogP contribution in [-0.2, 0) is 30.7 Å². The number of aromatic nitrogens is 1. The molecule has 3 aliphatic rings. The van der Waals surface area contributed by atoms with Crippen molar-refractivity contribution in [1.82, 2.24) is 14.2 Å². The Labute approximate surface area is 205 Å². The molecule has 0 bridgehead atoms. The number of carbonyl (C=O) groups is 1. The minimum atomic E-state index is -3.68. The van der Waals surface area contributed by atoms with Crippen molar-refractivity contribution in [2.45, 2.75) is 43.5 Å². The van der Waals surface area contributed by atoms with Crippen molar-refractivity contribution < 1.29 is 27.8 Å². The van der Waals surface area contributed by atoms with E-state index in [4.69, 9.17) is 9.47 Å². The second-order valence-corrected chi connectivity index (χ2v) is 11.6. The molecule has 0 radical (unpaired) electrons. The van der Waals surface area contributed by atoms with E-state index in [1.54, 1.807) is 25.3 Å². The van der Waals surface area contributed by atoms with Crippen LogP contribution in [0, 0.1) is 5.41 Å². The average Bonchev–Trinajstić information content (AvgIpc) is 3.18. The first kappa shape index (κ1) is 24.5. The van der Waals surface area contributed by atoms with Crippen molar-refractivity contribution in [3.8, 4) is 0 Å². The lowest BCUT2D eigenvalue weighted by molar-refractivity contribution is -0.138. The Morgan fingerprint density at radius 1 is 1.29 bits per heavy atom. The van der Waals surface area contributed by atoms with E-state index in [1.807, 2.05) is 10.6 Å². The van der Waals surface area contributed by atoms with Gasteiger partial charge in [0.25, 0.3) is 0 Å². The highest BCUT2D eigenvalue weighted by atomic mass is 32.2. The van der Waals surface area contributed by atoms with E-state index in [0.29, 0.717) is 25.3 Å². The molecular formula is C25H33N3O6S. The van der Waals surface area contributed by atoms with Gasteiger partial charge in [-0.25, -0.2) is 17.9 Å². The first-order valence-corrected chi connectivity index (χ1v) is 13.7. The Kier molecular flexibility index (Phi) is 6.52. The fourth-order valence-electron chi connectivity index (χ4n) is 6.06. The number of nitrogens with one attached hydrogen (secondary N) is 1. The smallest absolute Gasteiger partial charge is 0.355 e. The minimum Gasteiger partial charge on any atom is -0.459 e. The molecule has 190 valence electrons. The molecule has 0 saturated carbocycles. The van der Waals surface area contributed by atoms with Gasteiger partial charge in [-0.1, -0.05) is 6.92 Å². The van der Waals surface area contributed by atoms with Gasteiger partial charge >= 0.3 is 5.97 Å². The summed E-state index contributed by atoms with van der Waals surface area (Å²) < 4.78 is 41.0. The lowest BCUT2D eigenvalue weighted by Gasteiger charge is -2.52. The number of hydrogen-bond acceptors (Lipinski definition) is 7. The van der Waals surface area contributed by atoms with Gasteiger partial charge in [-0.15, -0.1) is 0 Å². The van der Waals surface area contributed by atoms with Crippen LogP contribution < -0.4 is 4.72 Å². The Morgan fingerprint density at radius 2 is 2.11 bits per heavy atom. The van der Waals surface area contributed by atoms with E-state index in [1.165, 1.54) is 0 Å². The minimum absolute atomic E-state index is 0.0685. The maximum atomic E-state index is 13.1. The lowest BCUT2D eigenvalue weighted by Crippen LogP contribution is -2.50. The van der Waals surface area contributed by atoms with E-state index in [9.17, 15) is 18.3 Å². The Balaban J connectivity index is 1.64. The van der Waals surface area contributed by atoms with E-state index in [-0.39, 0.29) is 29.6 Å². The van der Waals surface area contributed by atoms with Crippen LogP contribution in [0.2, 0.25) is 0 Å². The lowest BCUT2D eigenvalue weighted by atomic mass is 9.69. The number of carbonyl (C=O) groups excluding carboxylic acids is 1. The first-order chi connectivity index (χ1) is 16.8. The van der Waals surface area contributed by atoms with E-state index < -0.39 is 16.0 Å². The highest BCUT2D eigenvalue weighted by molar-refractivity contribution is 7.89. The molecule has 35 heavy (non-hydrogen) atoms. The summed E-state index contributed by atoms with van der Waals surface area (Å²) in [4.78, 5) is 15.8. The van der Waals surface area contributed by atoms with Crippen LogP contribution in [0.3, 0.4) is 0 Å². The molecule has 1 fully saturated rings. The number of aliphatic hydroxyl groups excluding tert-OH is 1. The molecule has 2 aromatic rings. The highest BCUT2D eigenvalue weighted by Gasteiger charge is 2.49. The number of benzene rings is 1. The summed E-state index contributed by atoms with van der Waals surface area (Å²) in [7, 11) is -2.10. The molecule has 0 aliphatic carbocycles. The number of rotatable bonds is 9. The Hall–Kier alpha value is -2.24. The number of sulfonamides is 1. The molecule has 2 N–H and O–H groups in total. The molecule has 2 atom stereocenters. The molecule has 1 aromatic carbocycles. The van der Waals surface area contributed by atoms with Crippen molar-refractivity contribution in [3.05, 3.63) is 35.5 Å². The molecule has 1 saturated heterocycles. The number of ether oxygens (including phenoxy) is 2. The normalized spacial score (nSPS) is 23.7. The number of methoxy groups -OCH3 is 1. The zero-order chi connectivity index (χ0) is 24.8. The van der Waals surface area contributed by atoms with Gasteiger partial charge in [-0.2, -0.15) is 0 Å². The summed E-state index contributed by atoms with van der Waals surface area (Å²) in [5.74, 6) is -0.474. The Bertz CT molecular complexity index is 1280. The zero-order valence-corrected chi connectivity index (χ0v) is 21.1. The molecule has 9 nitrogen and oxygen atoms in total. The fourth-order valence-corrected chi connectivity index (χ4v) is 7.16. The summed E-state index contributed by atoms with van der Waals surface area (Å²) >= 11 is 0. The monoisotopic (exact) mass is 503 g/mol. The van der Waals surface area contributed by atoms with Crippen LogP contribution in [-0.4, -0.2) is 75.5 Å². The fraction of sp³-hybridized carbons (Fsp3) is 0.560. The Morgan fingerprint density at radius 3 is 2.89 bits per heavy atom. The largest absolute Gasteiger partial charge is 0.459 e. The number of hydrogen-bond donors (Lipinski definition) is 2. The molecule has 10 heteroatoms. The summed E-state index contributed by atoms with van der Waals surface area (Å²) in [5.41, 5.74) is 3.18. The summed E-state index contributed by atoms with van der Waals surface area (Å²) in [5, 5.41) is 10.0. The van der Waals surface area contributed by atoms with Gasteiger partial charge in [0, 0.05) is 43.3 Å². The number of esters is 1. The third-order valence-electron chi connectivity index (χ3n) is 7.51. The van der Waals surface area contributed by atoms with E-state index in [2.05, 4.69) is 16.5 Å². The van der Waals surface area contributed by atoms with Crippen LogP contribution in [0.4, 0.5) is 0 Å². The highest BCUT2D eigenvalue weighted by Crippen LogP contribution is 2.55. The quantitative estimate of drug-likeness (QED) is 0.398. The SMILES string of the molecule is COCCCNS(=O)(=O)c1ccc2c(c1)c1c3n2C(C(=O)OCCO)=C[C@]2(C)CCCN(CC1)[C@@H]32. The maximum absolute atomic E-state index is 13.1. The van der Waals surface area contributed by atoms with Crippen molar-refractivity contribution in [1.29, 1.82) is 0 Å². The summed E-state index contributed by atoms with van der Waals surface area (Å²) in [6, 6.07) is 5.25. The van der Waals surface area contributed by atoms with Gasteiger partial charge in [-0.05, 0) is 62.1 Å². The molecular weight excluding hydrogens is 470 g/mol. The molecule has 3 aliphatic heterocycles. The van der Waals surface area contributed by atoms with Gasteiger partial charge in [0.05, 0.1) is 23.1 Å². The second kappa shape index (κ2) is 9.33. The average molecular weight is 504 g/mol. The van der Waals surface area contributed by atoms with Gasteiger partial charge in [0.2, 0.25) is 10.0 Å². The van der Waals surface area contributed by atoms with Crippen molar-refractivity contribution in [2.75, 3.05) is 46.6 Å². The second-order valence-electron chi connectivity index (χ2n) is 9.81. The third kappa shape index (κ3) is 4.11. The third-order valence-corrected chi connectivity index (χ3v) is 8.97. The van der Waals surface area contributed by atoms with E-state index >= 15 is 0 Å². The van der Waals surface area contributed by atoms with Crippen LogP contribution in [0.5, 0.6) is 0 Å². The molecule has 4 heterocycles. The molecule has 0 spiro atoms. The molecule has 1 aromatic heterocycles. The maximum Gasteiger partial charge on any atom is 0.355 e. The standard InChI is InChI=1S/C25H33N3O6S/c1-25-8-3-10-27-11-7-18-19-15-17(35(31,32)26-9-4-13-33-2)5-6-20(19)28(22(18)23(25)27)21(16-25)24(30)34-14-12-29/h5-6,15-16,23,26,29H,3-4,7-14H2,1-2H3/t23-,25-/m0/s1. The topological polar surface area (TPSA) is 110 Å². The number of piperidine rings is 1. The van der Waals surface area contributed by atoms with Crippen molar-refractivity contribution in [3.63, 3.8) is 0 Å². The number of nitrogens with zero attached hydrogens (tertiary/aromatic N) is 2. The van der Waals surface area contributed by atoms with Gasteiger partial charge in [-0.3, -0.25) is 4.90 Å². The summed E-state index contributed by atoms with van der Waals surface area (Å²) in [6.07, 6.45) is 5.41. The van der Waals surface area contributed by atoms with Gasteiger partial charge < -0.3 is 19.1 Å². The van der Waals surface area contributed by atoms with E-state index in [0.717, 1.165) is 54.5 Å². The molecule has 5 rings (SSSR count). The predicted molar refractivity (Wildman–Crippen MR) is 131 cm³/mol. The van der Waals surface area contributed by atoms with Crippen LogP contribution in [0.25, 0.3) is 16.6 Å². The van der Waals surface area contributed by atoms with Crippen LogP contribution >= 0.6 is 0 Å². The number of aliphatic hydroxyl groups is 1. The van der Waals surface area contributed by atoms with Crippen LogP contribution in [0.15, 0.2) is 29.2 Å². The summed E-state index contributed by atoms with van der Waals surface area (Å²) in [6.45, 7) is 4.57. The zero-order valence-electron chi connectivity index (χ0n) is 20.2. The predicted octanol–water partition coefficient (Wildman–Crippen LogP) is 2.05. The van der Waals surface area contributed by atoms with Crippen molar-refractivity contribution >= 4 is 32.6 Å². The van der Waals surface area contributed by atoms with Crippen LogP contribution in [0.1, 0.15) is 43.5 Å². The molecule has 0 amide bonds. The van der Waals surface area contributed by atoms with Gasteiger partial charge in [0.1, 0.15) is 12.3 Å².